The van der Waals surface area contributed by atoms with Gasteiger partial charge in [0.2, 0.25) is 0 Å². The van der Waals surface area contributed by atoms with Gasteiger partial charge in [0.1, 0.15) is 18.0 Å². The van der Waals surface area contributed by atoms with E-state index in [1.165, 1.54) is 24.3 Å². The molecule has 2 unspecified atom stereocenters. The van der Waals surface area contributed by atoms with Crippen LogP contribution in [0.4, 0.5) is 4.39 Å². The summed E-state index contributed by atoms with van der Waals surface area (Å²) in [7, 11) is 0. The van der Waals surface area contributed by atoms with Crippen molar-refractivity contribution in [1.82, 2.24) is 0 Å². The molecule has 3 heteroatoms. The Morgan fingerprint density at radius 1 is 0.706 bits per heavy atom. The minimum Gasteiger partial charge on any atom is -0.385 e. The monoisotopic (exact) mass is 232 g/mol. The second kappa shape index (κ2) is 5.08. The number of hydrogen-bond acceptors (Lipinski definition) is 2. The zero-order chi connectivity index (χ0) is 12.3. The first kappa shape index (κ1) is 11.8. The van der Waals surface area contributed by atoms with Gasteiger partial charge in [0.25, 0.3) is 0 Å². The zero-order valence-electron chi connectivity index (χ0n) is 9.12. The maximum Gasteiger partial charge on any atom is 0.123 e. The van der Waals surface area contributed by atoms with E-state index in [0.29, 0.717) is 11.1 Å². The highest BCUT2D eigenvalue weighted by molar-refractivity contribution is 5.25. The van der Waals surface area contributed by atoms with Crippen LogP contribution in [-0.4, -0.2) is 10.2 Å². The highest BCUT2D eigenvalue weighted by Gasteiger charge is 2.19. The standard InChI is InChI=1S/C14H13FO2/c15-12-8-6-11(7-9-12)14(17)13(16)10-4-2-1-3-5-10/h1-9,13-14,16-17H. The Labute approximate surface area is 99.0 Å². The second-order valence-electron chi connectivity index (χ2n) is 3.85. The summed E-state index contributed by atoms with van der Waals surface area (Å²) >= 11 is 0. The zero-order valence-corrected chi connectivity index (χ0v) is 9.12. The van der Waals surface area contributed by atoms with Gasteiger partial charge in [0, 0.05) is 0 Å². The lowest BCUT2D eigenvalue weighted by Crippen LogP contribution is -2.10. The molecule has 0 heterocycles. The van der Waals surface area contributed by atoms with Gasteiger partial charge < -0.3 is 10.2 Å². The molecule has 0 aliphatic carbocycles. The molecule has 0 aliphatic heterocycles. The number of halogens is 1. The van der Waals surface area contributed by atoms with E-state index >= 15 is 0 Å². The fourth-order valence-corrected chi connectivity index (χ4v) is 1.67. The summed E-state index contributed by atoms with van der Waals surface area (Å²) in [5, 5.41) is 19.9. The fourth-order valence-electron chi connectivity index (χ4n) is 1.67. The molecule has 2 aromatic rings. The molecule has 2 nitrogen and oxygen atoms in total. The number of rotatable bonds is 3. The van der Waals surface area contributed by atoms with E-state index in [1.807, 2.05) is 6.07 Å². The predicted molar refractivity (Wildman–Crippen MR) is 62.8 cm³/mol. The van der Waals surface area contributed by atoms with Crippen molar-refractivity contribution in [2.45, 2.75) is 12.2 Å². The van der Waals surface area contributed by atoms with Gasteiger partial charge in [0.05, 0.1) is 0 Å². The van der Waals surface area contributed by atoms with E-state index in [1.54, 1.807) is 24.3 Å². The first-order chi connectivity index (χ1) is 8.18. The van der Waals surface area contributed by atoms with Crippen LogP contribution in [0.1, 0.15) is 23.3 Å². The van der Waals surface area contributed by atoms with Crippen LogP contribution >= 0.6 is 0 Å². The van der Waals surface area contributed by atoms with Gasteiger partial charge in [-0.3, -0.25) is 0 Å². The molecule has 2 N–H and O–H groups in total. The summed E-state index contributed by atoms with van der Waals surface area (Å²) in [6.45, 7) is 0. The van der Waals surface area contributed by atoms with Crippen LogP contribution in [0, 0.1) is 5.82 Å². The molecular formula is C14H13FO2. The molecule has 0 aromatic heterocycles. The van der Waals surface area contributed by atoms with Crippen molar-refractivity contribution in [3.63, 3.8) is 0 Å². The summed E-state index contributed by atoms with van der Waals surface area (Å²) in [6.07, 6.45) is -2.07. The number of aliphatic hydroxyl groups excluding tert-OH is 2. The Morgan fingerprint density at radius 3 is 1.71 bits per heavy atom. The third-order valence-electron chi connectivity index (χ3n) is 2.65. The van der Waals surface area contributed by atoms with Crippen molar-refractivity contribution < 1.29 is 14.6 Å². The van der Waals surface area contributed by atoms with E-state index in [0.717, 1.165) is 0 Å². The summed E-state index contributed by atoms with van der Waals surface area (Å²) in [5.41, 5.74) is 1.12. The SMILES string of the molecule is OC(c1ccccc1)C(O)c1ccc(F)cc1. The van der Waals surface area contributed by atoms with Gasteiger partial charge in [-0.15, -0.1) is 0 Å². The Morgan fingerprint density at radius 2 is 1.18 bits per heavy atom. The third-order valence-corrected chi connectivity index (χ3v) is 2.65. The Balaban J connectivity index is 2.20. The molecular weight excluding hydrogens is 219 g/mol. The predicted octanol–water partition coefficient (Wildman–Crippen LogP) is 2.59. The maximum atomic E-state index is 12.7. The Kier molecular flexibility index (Phi) is 3.52. The molecule has 0 radical (unpaired) electrons. The van der Waals surface area contributed by atoms with Gasteiger partial charge in [-0.05, 0) is 23.3 Å². The Bertz CT molecular complexity index is 467. The maximum absolute atomic E-state index is 12.7. The van der Waals surface area contributed by atoms with Crippen molar-refractivity contribution in [2.24, 2.45) is 0 Å². The molecule has 0 aliphatic rings. The van der Waals surface area contributed by atoms with Crippen LogP contribution in [0.3, 0.4) is 0 Å². The van der Waals surface area contributed by atoms with Crippen LogP contribution in [0.5, 0.6) is 0 Å². The van der Waals surface area contributed by atoms with Gasteiger partial charge in [-0.2, -0.15) is 0 Å². The van der Waals surface area contributed by atoms with Crippen molar-refractivity contribution in [2.75, 3.05) is 0 Å². The lowest BCUT2D eigenvalue weighted by molar-refractivity contribution is 0.0172. The van der Waals surface area contributed by atoms with E-state index in [2.05, 4.69) is 0 Å². The van der Waals surface area contributed by atoms with Gasteiger partial charge in [-0.25, -0.2) is 4.39 Å². The van der Waals surface area contributed by atoms with E-state index in [-0.39, 0.29) is 5.82 Å². The van der Waals surface area contributed by atoms with Crippen LogP contribution in [0.15, 0.2) is 54.6 Å². The average molecular weight is 232 g/mol. The molecule has 0 saturated heterocycles. The van der Waals surface area contributed by atoms with Crippen LogP contribution in [0.2, 0.25) is 0 Å². The average Bonchev–Trinajstić information content (AvgIpc) is 2.39. The minimum atomic E-state index is -1.06. The second-order valence-corrected chi connectivity index (χ2v) is 3.85. The van der Waals surface area contributed by atoms with E-state index in [9.17, 15) is 14.6 Å². The normalized spacial score (nSPS) is 14.3. The molecule has 2 rings (SSSR count). The van der Waals surface area contributed by atoms with E-state index in [4.69, 9.17) is 0 Å². The van der Waals surface area contributed by atoms with Crippen molar-refractivity contribution in [3.05, 3.63) is 71.5 Å². The summed E-state index contributed by atoms with van der Waals surface area (Å²) in [4.78, 5) is 0. The first-order valence-corrected chi connectivity index (χ1v) is 5.35. The summed E-state index contributed by atoms with van der Waals surface area (Å²) < 4.78 is 12.7. The number of aliphatic hydroxyl groups is 2. The van der Waals surface area contributed by atoms with Crippen LogP contribution in [0.25, 0.3) is 0 Å². The molecule has 88 valence electrons. The quantitative estimate of drug-likeness (QED) is 0.854. The lowest BCUT2D eigenvalue weighted by Gasteiger charge is -2.18. The van der Waals surface area contributed by atoms with Crippen molar-refractivity contribution in [3.8, 4) is 0 Å². The van der Waals surface area contributed by atoms with Crippen LogP contribution in [-0.2, 0) is 0 Å². The number of benzene rings is 2. The molecule has 0 bridgehead atoms. The highest BCUT2D eigenvalue weighted by atomic mass is 19.1. The topological polar surface area (TPSA) is 40.5 Å². The first-order valence-electron chi connectivity index (χ1n) is 5.35. The lowest BCUT2D eigenvalue weighted by atomic mass is 9.98. The van der Waals surface area contributed by atoms with Gasteiger partial charge in [-0.1, -0.05) is 42.5 Å². The van der Waals surface area contributed by atoms with E-state index < -0.39 is 12.2 Å². The van der Waals surface area contributed by atoms with Crippen molar-refractivity contribution >= 4 is 0 Å². The highest BCUT2D eigenvalue weighted by Crippen LogP contribution is 2.28. The third kappa shape index (κ3) is 2.70. The summed E-state index contributed by atoms with van der Waals surface area (Å²) in [6, 6.07) is 14.3. The molecule has 0 amide bonds. The molecule has 17 heavy (non-hydrogen) atoms. The smallest absolute Gasteiger partial charge is 0.123 e. The summed E-state index contributed by atoms with van der Waals surface area (Å²) in [5.74, 6) is -0.366. The van der Waals surface area contributed by atoms with Crippen LogP contribution < -0.4 is 0 Å². The molecule has 0 saturated carbocycles. The molecule has 2 atom stereocenters. The molecule has 2 aromatic carbocycles. The molecule has 0 spiro atoms. The van der Waals surface area contributed by atoms with Gasteiger partial charge >= 0.3 is 0 Å². The minimum absolute atomic E-state index is 0.366. The number of hydrogen-bond donors (Lipinski definition) is 2. The largest absolute Gasteiger partial charge is 0.385 e. The molecule has 0 fully saturated rings. The van der Waals surface area contributed by atoms with Gasteiger partial charge in [0.15, 0.2) is 0 Å². The Hall–Kier alpha value is -1.71. The fraction of sp³-hybridized carbons (Fsp3) is 0.143. The van der Waals surface area contributed by atoms with Crippen molar-refractivity contribution in [1.29, 1.82) is 0 Å².